The molecule has 0 radical (unpaired) electrons. The van der Waals surface area contributed by atoms with Crippen LogP contribution in [0.3, 0.4) is 0 Å². The predicted octanol–water partition coefficient (Wildman–Crippen LogP) is 0.910. The van der Waals surface area contributed by atoms with Crippen molar-refractivity contribution in [2.24, 2.45) is 17.6 Å². The second-order valence-corrected chi connectivity index (χ2v) is 2.94. The Hall–Kier alpha value is -0.300. The quantitative estimate of drug-likeness (QED) is 0.460. The maximum atomic E-state index is 5.77. The minimum atomic E-state index is 0.491. The molecule has 2 rings (SSSR count). The maximum Gasteiger partial charge on any atom is 0.0108 e. The lowest BCUT2D eigenvalue weighted by atomic mass is 10.0. The molecule has 0 saturated heterocycles. The van der Waals surface area contributed by atoms with Crippen LogP contribution < -0.4 is 5.73 Å². The van der Waals surface area contributed by atoms with E-state index in [1.807, 2.05) is 0 Å². The molecule has 1 saturated carbocycles. The molecule has 0 spiro atoms. The maximum absolute atomic E-state index is 5.77. The molecule has 2 aliphatic rings. The first-order valence-electron chi connectivity index (χ1n) is 3.30. The second-order valence-electron chi connectivity index (χ2n) is 2.94. The fourth-order valence-electron chi connectivity index (χ4n) is 1.82. The van der Waals surface area contributed by atoms with Gasteiger partial charge in [0, 0.05) is 6.04 Å². The Morgan fingerprint density at radius 1 is 1.25 bits per heavy atom. The molecule has 2 aliphatic carbocycles. The first-order valence-corrected chi connectivity index (χ1v) is 3.30. The summed E-state index contributed by atoms with van der Waals surface area (Å²) in [6.45, 7) is 0. The van der Waals surface area contributed by atoms with Crippen LogP contribution in [0.15, 0.2) is 12.2 Å². The van der Waals surface area contributed by atoms with Crippen LogP contribution in [0, 0.1) is 11.8 Å². The molecule has 1 nitrogen and oxygen atoms in total. The van der Waals surface area contributed by atoms with Crippen molar-refractivity contribution >= 4 is 0 Å². The molecule has 0 aromatic rings. The zero-order valence-electron chi connectivity index (χ0n) is 4.88. The minimum absolute atomic E-state index is 0.491. The number of nitrogens with two attached hydrogens (primary N) is 1. The van der Waals surface area contributed by atoms with Gasteiger partial charge in [0.2, 0.25) is 0 Å². The molecule has 0 heterocycles. The van der Waals surface area contributed by atoms with Crippen molar-refractivity contribution in [3.05, 3.63) is 12.2 Å². The van der Waals surface area contributed by atoms with Gasteiger partial charge in [-0.1, -0.05) is 12.2 Å². The average Bonchev–Trinajstić information content (AvgIpc) is 2.23. The van der Waals surface area contributed by atoms with Crippen molar-refractivity contribution < 1.29 is 0 Å². The molecule has 44 valence electrons. The monoisotopic (exact) mass is 109 g/mol. The number of hydrogen-bond donors (Lipinski definition) is 1. The van der Waals surface area contributed by atoms with Gasteiger partial charge < -0.3 is 5.73 Å². The van der Waals surface area contributed by atoms with E-state index in [1.54, 1.807) is 0 Å². The van der Waals surface area contributed by atoms with Gasteiger partial charge in [-0.3, -0.25) is 0 Å². The lowest BCUT2D eigenvalue weighted by Gasteiger charge is -2.10. The lowest BCUT2D eigenvalue weighted by Crippen LogP contribution is -2.23. The Labute approximate surface area is 49.6 Å². The van der Waals surface area contributed by atoms with Gasteiger partial charge in [-0.05, 0) is 24.7 Å². The Morgan fingerprint density at radius 3 is 2.38 bits per heavy atom. The highest BCUT2D eigenvalue weighted by atomic mass is 14.7. The van der Waals surface area contributed by atoms with Crippen LogP contribution in [0.5, 0.6) is 0 Å². The molecule has 0 aromatic heterocycles. The zero-order chi connectivity index (χ0) is 5.56. The van der Waals surface area contributed by atoms with E-state index in [0.29, 0.717) is 6.04 Å². The third kappa shape index (κ3) is 0.451. The van der Waals surface area contributed by atoms with Crippen LogP contribution in [-0.2, 0) is 0 Å². The zero-order valence-corrected chi connectivity index (χ0v) is 4.88. The summed E-state index contributed by atoms with van der Waals surface area (Å²) < 4.78 is 0. The van der Waals surface area contributed by atoms with Crippen LogP contribution >= 0.6 is 0 Å². The van der Waals surface area contributed by atoms with Gasteiger partial charge in [-0.2, -0.15) is 0 Å². The largest absolute Gasteiger partial charge is 0.327 e. The average molecular weight is 109 g/mol. The number of hydrogen-bond acceptors (Lipinski definition) is 1. The Balaban J connectivity index is 2.23. The first kappa shape index (κ1) is 4.57. The molecule has 1 fully saturated rings. The van der Waals surface area contributed by atoms with Crippen LogP contribution in [0.2, 0.25) is 0 Å². The highest BCUT2D eigenvalue weighted by Crippen LogP contribution is 2.37. The third-order valence-corrected chi connectivity index (χ3v) is 2.33. The van der Waals surface area contributed by atoms with Crippen LogP contribution in [0.4, 0.5) is 0 Å². The summed E-state index contributed by atoms with van der Waals surface area (Å²) in [6, 6.07) is 0.491. The van der Waals surface area contributed by atoms with E-state index >= 15 is 0 Å². The fourth-order valence-corrected chi connectivity index (χ4v) is 1.82. The van der Waals surface area contributed by atoms with Crippen LogP contribution in [0.25, 0.3) is 0 Å². The lowest BCUT2D eigenvalue weighted by molar-refractivity contribution is 0.576. The summed E-state index contributed by atoms with van der Waals surface area (Å²) in [6.07, 6.45) is 7.16. The van der Waals surface area contributed by atoms with E-state index in [1.165, 1.54) is 12.8 Å². The molecule has 2 N–H and O–H groups in total. The molecule has 0 aromatic carbocycles. The summed E-state index contributed by atoms with van der Waals surface area (Å²) in [7, 11) is 0. The van der Waals surface area contributed by atoms with E-state index in [-0.39, 0.29) is 0 Å². The molecular formula is C7H11N. The molecule has 3 atom stereocenters. The highest BCUT2D eigenvalue weighted by molar-refractivity contribution is 5.11. The minimum Gasteiger partial charge on any atom is -0.327 e. The van der Waals surface area contributed by atoms with Crippen molar-refractivity contribution in [3.63, 3.8) is 0 Å². The normalized spacial score (nSPS) is 50.9. The van der Waals surface area contributed by atoms with Crippen molar-refractivity contribution in [3.8, 4) is 0 Å². The van der Waals surface area contributed by atoms with E-state index in [2.05, 4.69) is 12.2 Å². The summed E-state index contributed by atoms with van der Waals surface area (Å²) >= 11 is 0. The Bertz CT molecular complexity index is 128. The third-order valence-electron chi connectivity index (χ3n) is 2.33. The van der Waals surface area contributed by atoms with E-state index < -0.39 is 0 Å². The molecule has 2 bridgehead atoms. The van der Waals surface area contributed by atoms with Crippen molar-refractivity contribution in [1.29, 1.82) is 0 Å². The van der Waals surface area contributed by atoms with E-state index in [4.69, 9.17) is 5.73 Å². The molecule has 0 aliphatic heterocycles. The second kappa shape index (κ2) is 1.35. The molecule has 8 heavy (non-hydrogen) atoms. The van der Waals surface area contributed by atoms with Gasteiger partial charge >= 0.3 is 0 Å². The topological polar surface area (TPSA) is 26.0 Å². The smallest absolute Gasteiger partial charge is 0.0108 e. The summed E-state index contributed by atoms with van der Waals surface area (Å²) in [5, 5.41) is 0. The Kier molecular flexibility index (Phi) is 0.770. The first-order chi connectivity index (χ1) is 3.86. The Morgan fingerprint density at radius 2 is 2.12 bits per heavy atom. The summed E-state index contributed by atoms with van der Waals surface area (Å²) in [5.41, 5.74) is 5.77. The van der Waals surface area contributed by atoms with Gasteiger partial charge in [0.05, 0.1) is 0 Å². The van der Waals surface area contributed by atoms with Crippen LogP contribution in [0.1, 0.15) is 12.8 Å². The van der Waals surface area contributed by atoms with Crippen molar-refractivity contribution in [2.45, 2.75) is 18.9 Å². The number of rotatable bonds is 0. The fraction of sp³-hybridized carbons (Fsp3) is 0.714. The van der Waals surface area contributed by atoms with Gasteiger partial charge in [0.15, 0.2) is 0 Å². The summed E-state index contributed by atoms with van der Waals surface area (Å²) in [4.78, 5) is 0. The molecule has 0 amide bonds. The highest BCUT2D eigenvalue weighted by Gasteiger charge is 2.32. The van der Waals surface area contributed by atoms with Crippen LogP contribution in [-0.4, -0.2) is 6.04 Å². The summed E-state index contributed by atoms with van der Waals surface area (Å²) in [5.74, 6) is 1.58. The molecule has 1 heteroatoms. The van der Waals surface area contributed by atoms with Crippen molar-refractivity contribution in [2.75, 3.05) is 0 Å². The number of allylic oxidation sites excluding steroid dienone is 1. The van der Waals surface area contributed by atoms with E-state index in [9.17, 15) is 0 Å². The van der Waals surface area contributed by atoms with Gasteiger partial charge in [0.25, 0.3) is 0 Å². The SMILES string of the molecule is N[C@H]1C[C@H]2C=C[C@H]1C2. The van der Waals surface area contributed by atoms with Gasteiger partial charge in [-0.25, -0.2) is 0 Å². The standard InChI is InChI=1S/C7H11N/c8-7-4-5-1-2-6(7)3-5/h1-2,5-7H,3-4,8H2/t5-,6-,7-/m0/s1. The predicted molar refractivity (Wildman–Crippen MR) is 33.3 cm³/mol. The van der Waals surface area contributed by atoms with Gasteiger partial charge in [-0.15, -0.1) is 0 Å². The number of fused-ring (bicyclic) bond motifs is 2. The van der Waals surface area contributed by atoms with Gasteiger partial charge in [0.1, 0.15) is 0 Å². The molecule has 0 unspecified atom stereocenters. The molecular weight excluding hydrogens is 98.1 g/mol. The van der Waals surface area contributed by atoms with E-state index in [0.717, 1.165) is 11.8 Å². The van der Waals surface area contributed by atoms with Crippen molar-refractivity contribution in [1.82, 2.24) is 0 Å².